The minimum Gasteiger partial charge on any atom is -0.354 e. The number of hydrogen-bond donors (Lipinski definition) is 1. The third kappa shape index (κ3) is 5.31. The van der Waals surface area contributed by atoms with Gasteiger partial charge in [-0.3, -0.25) is 4.90 Å². The molecule has 102 valence electrons. The van der Waals surface area contributed by atoms with E-state index >= 15 is 0 Å². The highest BCUT2D eigenvalue weighted by Gasteiger charge is 2.16. The lowest BCUT2D eigenvalue weighted by Crippen LogP contribution is -2.48. The zero-order valence-corrected chi connectivity index (χ0v) is 11.6. The van der Waals surface area contributed by atoms with Gasteiger partial charge < -0.3 is 19.7 Å². The summed E-state index contributed by atoms with van der Waals surface area (Å²) in [7, 11) is 5.53. The van der Waals surface area contributed by atoms with Crippen molar-refractivity contribution in [3.8, 4) is 0 Å². The fraction of sp³-hybridized carbons (Fsp3) is 1.00. The minimum absolute atomic E-state index is 0.164. The highest BCUT2D eigenvalue weighted by Crippen LogP contribution is 2.00. The van der Waals surface area contributed by atoms with Crippen molar-refractivity contribution in [1.82, 2.24) is 15.1 Å². The van der Waals surface area contributed by atoms with E-state index in [4.69, 9.17) is 9.47 Å². The van der Waals surface area contributed by atoms with Crippen LogP contribution in [0, 0.1) is 0 Å². The highest BCUT2D eigenvalue weighted by molar-refractivity contribution is 4.71. The van der Waals surface area contributed by atoms with Crippen LogP contribution in [0.1, 0.15) is 6.92 Å². The number of likely N-dealkylation sites (N-methyl/N-ethyl adjacent to an activating group) is 1. The summed E-state index contributed by atoms with van der Waals surface area (Å²) in [4.78, 5) is 4.87. The van der Waals surface area contributed by atoms with Gasteiger partial charge in [0.15, 0.2) is 6.29 Å². The molecule has 0 radical (unpaired) electrons. The Morgan fingerprint density at radius 2 is 1.71 bits per heavy atom. The zero-order valence-electron chi connectivity index (χ0n) is 11.6. The lowest BCUT2D eigenvalue weighted by Gasteiger charge is -2.32. The average molecular weight is 245 g/mol. The van der Waals surface area contributed by atoms with Crippen molar-refractivity contribution in [3.05, 3.63) is 0 Å². The first kappa shape index (κ1) is 14.9. The molecule has 1 rings (SSSR count). The number of ether oxygens (including phenoxy) is 2. The largest absolute Gasteiger partial charge is 0.354 e. The van der Waals surface area contributed by atoms with Gasteiger partial charge in [0.05, 0.1) is 6.04 Å². The van der Waals surface area contributed by atoms with Gasteiger partial charge in [-0.05, 0) is 14.0 Å². The van der Waals surface area contributed by atoms with Crippen molar-refractivity contribution in [2.24, 2.45) is 0 Å². The molecule has 0 saturated carbocycles. The first-order chi connectivity index (χ1) is 8.17. The van der Waals surface area contributed by atoms with Crippen molar-refractivity contribution in [2.45, 2.75) is 19.3 Å². The molecular weight excluding hydrogens is 218 g/mol. The van der Waals surface area contributed by atoms with E-state index in [0.29, 0.717) is 0 Å². The van der Waals surface area contributed by atoms with E-state index in [1.807, 2.05) is 0 Å². The van der Waals surface area contributed by atoms with Crippen LogP contribution in [0.4, 0.5) is 0 Å². The van der Waals surface area contributed by atoms with Crippen LogP contribution >= 0.6 is 0 Å². The molecule has 0 amide bonds. The van der Waals surface area contributed by atoms with Gasteiger partial charge in [-0.15, -0.1) is 0 Å². The van der Waals surface area contributed by atoms with Crippen LogP contribution in [0.25, 0.3) is 0 Å². The van der Waals surface area contributed by atoms with Gasteiger partial charge in [0, 0.05) is 53.5 Å². The Hall–Kier alpha value is -0.200. The van der Waals surface area contributed by atoms with E-state index < -0.39 is 0 Å². The minimum atomic E-state index is -0.164. The molecule has 0 aliphatic carbocycles. The highest BCUT2D eigenvalue weighted by atomic mass is 16.7. The molecule has 1 atom stereocenters. The summed E-state index contributed by atoms with van der Waals surface area (Å²) in [6.07, 6.45) is -0.164. The lowest BCUT2D eigenvalue weighted by molar-refractivity contribution is -0.119. The smallest absolute Gasteiger partial charge is 0.171 e. The topological polar surface area (TPSA) is 37.0 Å². The molecule has 1 aliphatic rings. The predicted molar refractivity (Wildman–Crippen MR) is 69.2 cm³/mol. The molecule has 5 nitrogen and oxygen atoms in total. The molecule has 1 heterocycles. The van der Waals surface area contributed by atoms with Gasteiger partial charge in [0.1, 0.15) is 0 Å². The Balaban J connectivity index is 2.10. The van der Waals surface area contributed by atoms with Crippen LogP contribution in [-0.2, 0) is 9.47 Å². The van der Waals surface area contributed by atoms with Crippen molar-refractivity contribution in [1.29, 1.82) is 0 Å². The quantitative estimate of drug-likeness (QED) is 0.630. The van der Waals surface area contributed by atoms with Crippen molar-refractivity contribution in [3.63, 3.8) is 0 Å². The number of nitrogens with one attached hydrogen (secondary N) is 1. The van der Waals surface area contributed by atoms with Gasteiger partial charge in [-0.1, -0.05) is 0 Å². The summed E-state index contributed by atoms with van der Waals surface area (Å²) < 4.78 is 10.4. The van der Waals surface area contributed by atoms with E-state index in [1.54, 1.807) is 14.2 Å². The average Bonchev–Trinajstić information content (AvgIpc) is 2.33. The number of rotatable bonds is 7. The van der Waals surface area contributed by atoms with E-state index in [9.17, 15) is 0 Å². The Morgan fingerprint density at radius 1 is 1.12 bits per heavy atom. The maximum Gasteiger partial charge on any atom is 0.171 e. The molecule has 0 spiro atoms. The van der Waals surface area contributed by atoms with Crippen LogP contribution < -0.4 is 5.32 Å². The molecule has 0 aromatic rings. The molecule has 0 aromatic heterocycles. The van der Waals surface area contributed by atoms with E-state index in [2.05, 4.69) is 29.1 Å². The summed E-state index contributed by atoms with van der Waals surface area (Å²) in [5.41, 5.74) is 0. The van der Waals surface area contributed by atoms with E-state index in [-0.39, 0.29) is 12.3 Å². The van der Waals surface area contributed by atoms with E-state index in [1.165, 1.54) is 26.2 Å². The molecule has 17 heavy (non-hydrogen) atoms. The standard InChI is InChI=1S/C12H27N3O2/c1-11(12(16-3)17-4)13-5-6-15-9-7-14(2)8-10-15/h11-13H,5-10H2,1-4H3. The molecule has 1 N–H and O–H groups in total. The zero-order chi connectivity index (χ0) is 12.7. The van der Waals surface area contributed by atoms with Crippen molar-refractivity contribution >= 4 is 0 Å². The molecule has 0 aromatic carbocycles. The van der Waals surface area contributed by atoms with E-state index in [0.717, 1.165) is 13.1 Å². The molecular formula is C12H27N3O2. The second-order valence-corrected chi connectivity index (χ2v) is 4.73. The normalized spacial score (nSPS) is 21.0. The van der Waals surface area contributed by atoms with Crippen LogP contribution in [-0.4, -0.2) is 82.7 Å². The SMILES string of the molecule is COC(OC)C(C)NCCN1CCN(C)CC1. The maximum absolute atomic E-state index is 5.21. The molecule has 1 unspecified atom stereocenters. The third-order valence-corrected chi connectivity index (χ3v) is 3.36. The van der Waals surface area contributed by atoms with Gasteiger partial charge in [0.2, 0.25) is 0 Å². The number of hydrogen-bond acceptors (Lipinski definition) is 5. The Morgan fingerprint density at radius 3 is 2.24 bits per heavy atom. The maximum atomic E-state index is 5.21. The van der Waals surface area contributed by atoms with Crippen molar-refractivity contribution < 1.29 is 9.47 Å². The van der Waals surface area contributed by atoms with Crippen LogP contribution in [0.5, 0.6) is 0 Å². The first-order valence-electron chi connectivity index (χ1n) is 6.37. The molecule has 1 fully saturated rings. The summed E-state index contributed by atoms with van der Waals surface area (Å²) in [5, 5.41) is 3.44. The van der Waals surface area contributed by atoms with Crippen molar-refractivity contribution in [2.75, 3.05) is 60.5 Å². The molecule has 5 heteroatoms. The fourth-order valence-corrected chi connectivity index (χ4v) is 2.12. The van der Waals surface area contributed by atoms with Crippen LogP contribution in [0.15, 0.2) is 0 Å². The Kier molecular flexibility index (Phi) is 6.99. The number of piperazine rings is 1. The fourth-order valence-electron chi connectivity index (χ4n) is 2.12. The molecule has 1 aliphatic heterocycles. The van der Waals surface area contributed by atoms with Crippen LogP contribution in [0.2, 0.25) is 0 Å². The third-order valence-electron chi connectivity index (χ3n) is 3.36. The summed E-state index contributed by atoms with van der Waals surface area (Å²) in [6.45, 7) is 8.85. The summed E-state index contributed by atoms with van der Waals surface area (Å²) >= 11 is 0. The predicted octanol–water partition coefficient (Wildman–Crippen LogP) is -0.169. The number of nitrogens with zero attached hydrogens (tertiary/aromatic N) is 2. The lowest BCUT2D eigenvalue weighted by atomic mass is 10.3. The second kappa shape index (κ2) is 8.00. The van der Waals surface area contributed by atoms with Gasteiger partial charge in [-0.25, -0.2) is 0 Å². The summed E-state index contributed by atoms with van der Waals surface area (Å²) in [5.74, 6) is 0. The summed E-state index contributed by atoms with van der Waals surface area (Å²) in [6, 6.07) is 0.220. The Labute approximate surface area is 105 Å². The van der Waals surface area contributed by atoms with Gasteiger partial charge in [-0.2, -0.15) is 0 Å². The second-order valence-electron chi connectivity index (χ2n) is 4.73. The molecule has 0 bridgehead atoms. The number of methoxy groups -OCH3 is 2. The monoisotopic (exact) mass is 245 g/mol. The van der Waals surface area contributed by atoms with Gasteiger partial charge >= 0.3 is 0 Å². The first-order valence-corrected chi connectivity index (χ1v) is 6.37. The Bertz CT molecular complexity index is 192. The van der Waals surface area contributed by atoms with Gasteiger partial charge in [0.25, 0.3) is 0 Å². The van der Waals surface area contributed by atoms with Crippen LogP contribution in [0.3, 0.4) is 0 Å². The molecule has 1 saturated heterocycles.